The molecule has 0 spiro atoms. The second kappa shape index (κ2) is 6.73. The molecule has 0 aliphatic carbocycles. The number of aromatic carboxylic acids is 1. The molecule has 19 heavy (non-hydrogen) atoms. The van der Waals surface area contributed by atoms with E-state index in [1.54, 1.807) is 0 Å². The van der Waals surface area contributed by atoms with Gasteiger partial charge in [-0.25, -0.2) is 9.78 Å². The van der Waals surface area contributed by atoms with Gasteiger partial charge in [0.15, 0.2) is 0 Å². The largest absolute Gasteiger partial charge is 0.478 e. The molecule has 5 nitrogen and oxygen atoms in total. The van der Waals surface area contributed by atoms with Crippen LogP contribution in [-0.4, -0.2) is 47.1 Å². The van der Waals surface area contributed by atoms with E-state index in [1.165, 1.54) is 31.5 Å². The van der Waals surface area contributed by atoms with Gasteiger partial charge in [-0.3, -0.25) is 0 Å². The molecule has 1 aliphatic rings. The second-order valence-electron chi connectivity index (χ2n) is 4.66. The summed E-state index contributed by atoms with van der Waals surface area (Å²) in [5.41, 5.74) is 0.0807. The van der Waals surface area contributed by atoms with Crippen molar-refractivity contribution in [1.29, 1.82) is 0 Å². The molecule has 2 rings (SSSR count). The lowest BCUT2D eigenvalue weighted by molar-refractivity contribution is 0.0697. The number of rotatable bonds is 5. The molecule has 1 saturated heterocycles. The van der Waals surface area contributed by atoms with E-state index in [1.807, 2.05) is 0 Å². The van der Waals surface area contributed by atoms with Crippen molar-refractivity contribution in [2.75, 3.05) is 31.5 Å². The predicted octanol–water partition coefficient (Wildman–Crippen LogP) is 2.33. The Bertz CT molecular complexity index is 448. The fourth-order valence-corrected chi connectivity index (χ4v) is 2.51. The second-order valence-corrected chi connectivity index (χ2v) is 5.03. The quantitative estimate of drug-likeness (QED) is 0.868. The van der Waals surface area contributed by atoms with E-state index in [2.05, 4.69) is 15.2 Å². The van der Waals surface area contributed by atoms with Crippen molar-refractivity contribution in [3.63, 3.8) is 0 Å². The number of aromatic nitrogens is 1. The molecule has 6 heteroatoms. The molecule has 2 N–H and O–H groups in total. The van der Waals surface area contributed by atoms with E-state index in [0.717, 1.165) is 26.2 Å². The Hall–Kier alpha value is -1.33. The number of pyridine rings is 1. The van der Waals surface area contributed by atoms with E-state index in [4.69, 9.17) is 16.7 Å². The van der Waals surface area contributed by atoms with Crippen LogP contribution in [0, 0.1) is 0 Å². The normalized spacial score (nSPS) is 16.3. The minimum atomic E-state index is -1.04. The topological polar surface area (TPSA) is 65.5 Å². The number of halogens is 1. The van der Waals surface area contributed by atoms with Gasteiger partial charge in [0.05, 0.1) is 10.6 Å². The maximum atomic E-state index is 10.9. The Labute approximate surface area is 117 Å². The third-order valence-corrected chi connectivity index (χ3v) is 3.67. The molecule has 1 aromatic rings. The molecule has 0 unspecified atom stereocenters. The molecule has 0 bridgehead atoms. The van der Waals surface area contributed by atoms with Crippen LogP contribution in [-0.2, 0) is 0 Å². The van der Waals surface area contributed by atoms with Gasteiger partial charge in [-0.2, -0.15) is 0 Å². The highest BCUT2D eigenvalue weighted by Gasteiger charge is 2.14. The lowest BCUT2D eigenvalue weighted by atomic mass is 10.1. The molecule has 0 radical (unpaired) electrons. The van der Waals surface area contributed by atoms with Gasteiger partial charge in [-0.05, 0) is 32.0 Å². The number of anilines is 1. The first-order valence-electron chi connectivity index (χ1n) is 6.52. The maximum Gasteiger partial charge on any atom is 0.337 e. The first kappa shape index (κ1) is 14.1. The Morgan fingerprint density at radius 1 is 1.42 bits per heavy atom. The third-order valence-electron chi connectivity index (χ3n) is 3.29. The van der Waals surface area contributed by atoms with Crippen molar-refractivity contribution in [1.82, 2.24) is 9.88 Å². The highest BCUT2D eigenvalue weighted by atomic mass is 35.5. The third kappa shape index (κ3) is 3.81. The lowest BCUT2D eigenvalue weighted by Gasteiger charge is -2.26. The van der Waals surface area contributed by atoms with Crippen molar-refractivity contribution in [3.05, 3.63) is 22.8 Å². The zero-order chi connectivity index (χ0) is 13.7. The highest BCUT2D eigenvalue weighted by molar-refractivity contribution is 6.35. The SMILES string of the molecule is O=C(O)c1ccnc(NCCN2CCCCC2)c1Cl. The van der Waals surface area contributed by atoms with Crippen molar-refractivity contribution >= 4 is 23.4 Å². The average Bonchev–Trinajstić information content (AvgIpc) is 2.41. The van der Waals surface area contributed by atoms with Crippen molar-refractivity contribution in [3.8, 4) is 0 Å². The van der Waals surface area contributed by atoms with Gasteiger partial charge in [0.1, 0.15) is 5.82 Å². The number of likely N-dealkylation sites (tertiary alicyclic amines) is 1. The van der Waals surface area contributed by atoms with E-state index in [0.29, 0.717) is 5.82 Å². The van der Waals surface area contributed by atoms with Gasteiger partial charge >= 0.3 is 5.97 Å². The van der Waals surface area contributed by atoms with Crippen molar-refractivity contribution in [2.24, 2.45) is 0 Å². The van der Waals surface area contributed by atoms with Gasteiger partial charge in [-0.15, -0.1) is 0 Å². The minimum absolute atomic E-state index is 0.0807. The summed E-state index contributed by atoms with van der Waals surface area (Å²) in [7, 11) is 0. The zero-order valence-electron chi connectivity index (χ0n) is 10.7. The standard InChI is InChI=1S/C13H18ClN3O2/c14-11-10(13(18)19)4-5-15-12(11)16-6-9-17-7-2-1-3-8-17/h4-5H,1-3,6-9H2,(H,15,16)(H,18,19). The molecular formula is C13H18ClN3O2. The number of piperidine rings is 1. The van der Waals surface area contributed by atoms with Gasteiger partial charge in [0.25, 0.3) is 0 Å². The van der Waals surface area contributed by atoms with Crippen LogP contribution in [0.5, 0.6) is 0 Å². The van der Waals surface area contributed by atoms with Crippen molar-refractivity contribution in [2.45, 2.75) is 19.3 Å². The summed E-state index contributed by atoms with van der Waals surface area (Å²) >= 11 is 6.01. The van der Waals surface area contributed by atoms with E-state index < -0.39 is 5.97 Å². The van der Waals surface area contributed by atoms with Crippen LogP contribution >= 0.6 is 11.6 Å². The first-order valence-corrected chi connectivity index (χ1v) is 6.90. The van der Waals surface area contributed by atoms with Crippen LogP contribution in [0.15, 0.2) is 12.3 Å². The average molecular weight is 284 g/mol. The number of nitrogens with one attached hydrogen (secondary N) is 1. The number of nitrogens with zero attached hydrogens (tertiary/aromatic N) is 2. The van der Waals surface area contributed by atoms with Gasteiger partial charge in [-0.1, -0.05) is 18.0 Å². The van der Waals surface area contributed by atoms with Crippen LogP contribution in [0.25, 0.3) is 0 Å². The van der Waals surface area contributed by atoms with E-state index in [-0.39, 0.29) is 10.6 Å². The van der Waals surface area contributed by atoms with Crippen LogP contribution in [0.4, 0.5) is 5.82 Å². The molecule has 1 fully saturated rings. The van der Waals surface area contributed by atoms with E-state index >= 15 is 0 Å². The summed E-state index contributed by atoms with van der Waals surface area (Å²) in [5.74, 6) is -0.593. The molecule has 1 aliphatic heterocycles. The fraction of sp³-hybridized carbons (Fsp3) is 0.538. The Morgan fingerprint density at radius 2 is 2.16 bits per heavy atom. The Kier molecular flexibility index (Phi) is 4.99. The fourth-order valence-electron chi connectivity index (χ4n) is 2.25. The molecular weight excluding hydrogens is 266 g/mol. The predicted molar refractivity (Wildman–Crippen MR) is 75.0 cm³/mol. The Balaban J connectivity index is 1.88. The van der Waals surface area contributed by atoms with Crippen LogP contribution < -0.4 is 5.32 Å². The van der Waals surface area contributed by atoms with Crippen LogP contribution in [0.2, 0.25) is 5.02 Å². The smallest absolute Gasteiger partial charge is 0.337 e. The molecule has 0 saturated carbocycles. The number of carbonyl (C=O) groups is 1. The van der Waals surface area contributed by atoms with Crippen LogP contribution in [0.1, 0.15) is 29.6 Å². The highest BCUT2D eigenvalue weighted by Crippen LogP contribution is 2.23. The van der Waals surface area contributed by atoms with Gasteiger partial charge in [0, 0.05) is 19.3 Å². The van der Waals surface area contributed by atoms with Crippen molar-refractivity contribution < 1.29 is 9.90 Å². The number of carboxylic acid groups (broad SMARTS) is 1. The zero-order valence-corrected chi connectivity index (χ0v) is 11.5. The van der Waals surface area contributed by atoms with Gasteiger partial charge < -0.3 is 15.3 Å². The monoisotopic (exact) mass is 283 g/mol. The van der Waals surface area contributed by atoms with Crippen LogP contribution in [0.3, 0.4) is 0 Å². The molecule has 104 valence electrons. The van der Waals surface area contributed by atoms with E-state index in [9.17, 15) is 4.79 Å². The molecule has 0 amide bonds. The summed E-state index contributed by atoms with van der Waals surface area (Å²) in [6.45, 7) is 3.92. The number of hydrogen-bond acceptors (Lipinski definition) is 4. The summed E-state index contributed by atoms with van der Waals surface area (Å²) in [4.78, 5) is 17.4. The molecule has 0 aromatic carbocycles. The molecule has 2 heterocycles. The summed E-state index contributed by atoms with van der Waals surface area (Å²) in [6, 6.07) is 1.40. The Morgan fingerprint density at radius 3 is 2.84 bits per heavy atom. The maximum absolute atomic E-state index is 10.9. The minimum Gasteiger partial charge on any atom is -0.478 e. The number of hydrogen-bond donors (Lipinski definition) is 2. The number of carboxylic acids is 1. The summed E-state index contributed by atoms with van der Waals surface area (Å²) in [5, 5.41) is 12.3. The molecule has 1 aromatic heterocycles. The molecule has 0 atom stereocenters. The summed E-state index contributed by atoms with van der Waals surface area (Å²) in [6.07, 6.45) is 5.29. The first-order chi connectivity index (χ1) is 9.18. The lowest BCUT2D eigenvalue weighted by Crippen LogP contribution is -2.33. The summed E-state index contributed by atoms with van der Waals surface area (Å²) < 4.78 is 0. The van der Waals surface area contributed by atoms with Gasteiger partial charge in [0.2, 0.25) is 0 Å².